The number of carbonyl (C=O) groups excluding carboxylic acids is 1. The first-order valence-corrected chi connectivity index (χ1v) is 9.93. The molecule has 0 aliphatic heterocycles. The molecule has 25 heavy (non-hydrogen) atoms. The van der Waals surface area contributed by atoms with Crippen molar-refractivity contribution >= 4 is 66.8 Å². The number of benzene rings is 2. The average molecular weight is 504 g/mol. The van der Waals surface area contributed by atoms with E-state index < -0.39 is 0 Å². The SMILES string of the molecule is O=C(CSc1nnc(-c2cccc(Cl)c2)o1)Nc1ccc(Br)c(Br)c1. The van der Waals surface area contributed by atoms with Crippen LogP contribution >= 0.6 is 55.2 Å². The van der Waals surface area contributed by atoms with Crippen molar-refractivity contribution < 1.29 is 9.21 Å². The van der Waals surface area contributed by atoms with Crippen LogP contribution in [0.1, 0.15) is 0 Å². The van der Waals surface area contributed by atoms with Crippen LogP contribution < -0.4 is 5.32 Å². The van der Waals surface area contributed by atoms with Gasteiger partial charge in [-0.3, -0.25) is 4.79 Å². The summed E-state index contributed by atoms with van der Waals surface area (Å²) in [5.41, 5.74) is 1.43. The fourth-order valence-electron chi connectivity index (χ4n) is 1.90. The fourth-order valence-corrected chi connectivity index (χ4v) is 3.28. The maximum Gasteiger partial charge on any atom is 0.277 e. The monoisotopic (exact) mass is 501 g/mol. The van der Waals surface area contributed by atoms with Crippen molar-refractivity contribution in [1.29, 1.82) is 0 Å². The second kappa shape index (κ2) is 8.35. The van der Waals surface area contributed by atoms with E-state index >= 15 is 0 Å². The second-order valence-electron chi connectivity index (χ2n) is 4.85. The highest BCUT2D eigenvalue weighted by molar-refractivity contribution is 9.13. The number of anilines is 1. The maximum absolute atomic E-state index is 12.0. The average Bonchev–Trinajstić information content (AvgIpc) is 3.05. The molecule has 3 rings (SSSR count). The van der Waals surface area contributed by atoms with Gasteiger partial charge in [0, 0.05) is 25.2 Å². The van der Waals surface area contributed by atoms with E-state index in [1.807, 2.05) is 18.2 Å². The van der Waals surface area contributed by atoms with E-state index in [-0.39, 0.29) is 11.7 Å². The molecule has 0 bridgehead atoms. The lowest BCUT2D eigenvalue weighted by Gasteiger charge is -2.05. The number of carbonyl (C=O) groups is 1. The van der Waals surface area contributed by atoms with Crippen molar-refractivity contribution in [1.82, 2.24) is 10.2 Å². The molecule has 9 heteroatoms. The highest BCUT2D eigenvalue weighted by Gasteiger charge is 2.12. The lowest BCUT2D eigenvalue weighted by molar-refractivity contribution is -0.113. The molecule has 1 N–H and O–H groups in total. The summed E-state index contributed by atoms with van der Waals surface area (Å²) in [7, 11) is 0. The van der Waals surface area contributed by atoms with E-state index in [4.69, 9.17) is 16.0 Å². The molecule has 0 aliphatic carbocycles. The highest BCUT2D eigenvalue weighted by Crippen LogP contribution is 2.27. The zero-order chi connectivity index (χ0) is 17.8. The molecule has 1 amide bonds. The zero-order valence-corrected chi connectivity index (χ0v) is 17.2. The van der Waals surface area contributed by atoms with Crippen molar-refractivity contribution in [2.24, 2.45) is 0 Å². The van der Waals surface area contributed by atoms with Crippen LogP contribution in [0.4, 0.5) is 5.69 Å². The van der Waals surface area contributed by atoms with Crippen LogP contribution in [0.15, 0.2) is 61.0 Å². The summed E-state index contributed by atoms with van der Waals surface area (Å²) in [5, 5.41) is 11.6. The molecule has 3 aromatic rings. The summed E-state index contributed by atoms with van der Waals surface area (Å²) in [6, 6.07) is 12.6. The first-order chi connectivity index (χ1) is 12.0. The Morgan fingerprint density at radius 2 is 2.00 bits per heavy atom. The van der Waals surface area contributed by atoms with Crippen LogP contribution in [-0.2, 0) is 4.79 Å². The molecule has 0 aliphatic rings. The largest absolute Gasteiger partial charge is 0.411 e. The molecular formula is C16H10Br2ClN3O2S. The standard InChI is InChI=1S/C16H10Br2ClN3O2S/c17-12-5-4-11(7-13(12)18)20-14(23)8-25-16-22-21-15(24-16)9-2-1-3-10(19)6-9/h1-7H,8H2,(H,20,23). The highest BCUT2D eigenvalue weighted by atomic mass is 79.9. The van der Waals surface area contributed by atoms with Crippen LogP contribution in [0, 0.1) is 0 Å². The second-order valence-corrected chi connectivity index (χ2v) is 7.92. The summed E-state index contributed by atoms with van der Waals surface area (Å²) >= 11 is 13.9. The number of nitrogens with one attached hydrogen (secondary N) is 1. The van der Waals surface area contributed by atoms with Crippen molar-refractivity contribution in [2.45, 2.75) is 5.22 Å². The van der Waals surface area contributed by atoms with Gasteiger partial charge in [0.25, 0.3) is 5.22 Å². The normalized spacial score (nSPS) is 10.7. The molecule has 128 valence electrons. The number of hydrogen-bond donors (Lipinski definition) is 1. The molecule has 1 aromatic heterocycles. The number of nitrogens with zero attached hydrogens (tertiary/aromatic N) is 2. The molecule has 0 radical (unpaired) electrons. The Morgan fingerprint density at radius 1 is 1.16 bits per heavy atom. The molecule has 0 saturated heterocycles. The van der Waals surface area contributed by atoms with Gasteiger partial charge in [0.05, 0.1) is 5.75 Å². The molecule has 1 heterocycles. The Kier molecular flexibility index (Phi) is 6.16. The number of hydrogen-bond acceptors (Lipinski definition) is 5. The Morgan fingerprint density at radius 3 is 2.76 bits per heavy atom. The fraction of sp³-hybridized carbons (Fsp3) is 0.0625. The van der Waals surface area contributed by atoms with Gasteiger partial charge in [0.1, 0.15) is 0 Å². The van der Waals surface area contributed by atoms with Crippen LogP contribution in [0.5, 0.6) is 0 Å². The van der Waals surface area contributed by atoms with Gasteiger partial charge in [-0.2, -0.15) is 0 Å². The zero-order valence-electron chi connectivity index (χ0n) is 12.5. The summed E-state index contributed by atoms with van der Waals surface area (Å²) in [4.78, 5) is 12.0. The van der Waals surface area contributed by atoms with Gasteiger partial charge in [-0.25, -0.2) is 0 Å². The summed E-state index contributed by atoms with van der Waals surface area (Å²) in [6.45, 7) is 0. The Balaban J connectivity index is 1.58. The Bertz CT molecular complexity index is 920. The minimum atomic E-state index is -0.165. The quantitative estimate of drug-likeness (QED) is 0.456. The van der Waals surface area contributed by atoms with E-state index in [2.05, 4.69) is 47.4 Å². The Hall–Kier alpha value is -1.35. The molecule has 0 saturated carbocycles. The lowest BCUT2D eigenvalue weighted by atomic mass is 10.2. The smallest absolute Gasteiger partial charge is 0.277 e. The molecule has 0 unspecified atom stereocenters. The van der Waals surface area contributed by atoms with Gasteiger partial charge >= 0.3 is 0 Å². The molecular weight excluding hydrogens is 494 g/mol. The molecule has 2 aromatic carbocycles. The van der Waals surface area contributed by atoms with E-state index in [1.165, 1.54) is 11.8 Å². The van der Waals surface area contributed by atoms with Gasteiger partial charge < -0.3 is 9.73 Å². The van der Waals surface area contributed by atoms with Crippen molar-refractivity contribution in [2.75, 3.05) is 11.1 Å². The third-order valence-corrected chi connectivity index (χ3v) is 5.94. The van der Waals surface area contributed by atoms with Gasteiger partial charge in [0.2, 0.25) is 11.8 Å². The summed E-state index contributed by atoms with van der Waals surface area (Å²) in [5.74, 6) is 0.356. The predicted molar refractivity (Wildman–Crippen MR) is 106 cm³/mol. The van der Waals surface area contributed by atoms with Gasteiger partial charge in [-0.1, -0.05) is 29.4 Å². The summed E-state index contributed by atoms with van der Waals surface area (Å²) in [6.07, 6.45) is 0. The number of rotatable bonds is 5. The van der Waals surface area contributed by atoms with Crippen molar-refractivity contribution in [3.8, 4) is 11.5 Å². The minimum absolute atomic E-state index is 0.158. The van der Waals surface area contributed by atoms with Crippen LogP contribution in [0.2, 0.25) is 5.02 Å². The minimum Gasteiger partial charge on any atom is -0.411 e. The maximum atomic E-state index is 12.0. The number of amides is 1. The summed E-state index contributed by atoms with van der Waals surface area (Å²) < 4.78 is 7.33. The van der Waals surface area contributed by atoms with Crippen molar-refractivity contribution in [3.63, 3.8) is 0 Å². The van der Waals surface area contributed by atoms with E-state index in [1.54, 1.807) is 24.3 Å². The third kappa shape index (κ3) is 5.07. The first-order valence-electron chi connectivity index (χ1n) is 6.98. The first kappa shape index (κ1) is 18.4. The van der Waals surface area contributed by atoms with Gasteiger partial charge in [-0.15, -0.1) is 10.2 Å². The lowest BCUT2D eigenvalue weighted by Crippen LogP contribution is -2.13. The number of thioether (sulfide) groups is 1. The van der Waals surface area contributed by atoms with Gasteiger partial charge in [0.15, 0.2) is 0 Å². The molecule has 0 fully saturated rings. The predicted octanol–water partition coefficient (Wildman–Crippen LogP) is 5.65. The molecule has 0 atom stereocenters. The third-order valence-electron chi connectivity index (χ3n) is 3.01. The van der Waals surface area contributed by atoms with Gasteiger partial charge in [-0.05, 0) is 68.3 Å². The number of aromatic nitrogens is 2. The Labute approximate surface area is 169 Å². The number of halogens is 3. The topological polar surface area (TPSA) is 68.0 Å². The van der Waals surface area contributed by atoms with E-state index in [0.717, 1.165) is 14.5 Å². The van der Waals surface area contributed by atoms with E-state index in [0.29, 0.717) is 21.8 Å². The molecule has 5 nitrogen and oxygen atoms in total. The van der Waals surface area contributed by atoms with Crippen LogP contribution in [0.25, 0.3) is 11.5 Å². The van der Waals surface area contributed by atoms with E-state index in [9.17, 15) is 4.79 Å². The van der Waals surface area contributed by atoms with Crippen LogP contribution in [-0.4, -0.2) is 21.9 Å². The molecule has 0 spiro atoms. The van der Waals surface area contributed by atoms with Crippen molar-refractivity contribution in [3.05, 3.63) is 56.4 Å². The van der Waals surface area contributed by atoms with Crippen LogP contribution in [0.3, 0.4) is 0 Å².